The van der Waals surface area contributed by atoms with Crippen molar-refractivity contribution in [3.05, 3.63) is 52.5 Å². The van der Waals surface area contributed by atoms with E-state index in [2.05, 4.69) is 23.1 Å². The molecule has 3 rings (SSSR count). The van der Waals surface area contributed by atoms with Crippen LogP contribution in [0.1, 0.15) is 17.0 Å². The van der Waals surface area contributed by atoms with Crippen LogP contribution in [0.25, 0.3) is 11.1 Å². The summed E-state index contributed by atoms with van der Waals surface area (Å²) < 4.78 is 5.85. The Hall–Kier alpha value is -1.55. The number of benzene rings is 2. The maximum atomic E-state index is 6.15. The van der Waals surface area contributed by atoms with Gasteiger partial charge in [-0.05, 0) is 60.6 Å². The summed E-state index contributed by atoms with van der Waals surface area (Å²) in [6, 6.07) is 12.3. The number of nitrogens with two attached hydrogens (primary N) is 1. The highest BCUT2D eigenvalue weighted by Gasteiger charge is 2.28. The van der Waals surface area contributed by atoms with Gasteiger partial charge in [-0.2, -0.15) is 0 Å². The van der Waals surface area contributed by atoms with E-state index in [-0.39, 0.29) is 5.92 Å². The number of halogens is 1. The van der Waals surface area contributed by atoms with Gasteiger partial charge in [-0.1, -0.05) is 23.7 Å². The summed E-state index contributed by atoms with van der Waals surface area (Å²) >= 11 is 6.15. The van der Waals surface area contributed by atoms with E-state index in [1.807, 2.05) is 32.3 Å². The standard InChI is InChI=1S/C18H21ClN2O/c1-21(2)7-8-22-13-4-6-15-14-5-3-12(19)9-16(14)18(11-20)17(15)10-13/h3-6,9-10,18H,7-8,11,20H2,1-2H3. The van der Waals surface area contributed by atoms with Gasteiger partial charge in [0.05, 0.1) is 0 Å². The lowest BCUT2D eigenvalue weighted by Crippen LogP contribution is -2.19. The molecular weight excluding hydrogens is 296 g/mol. The lowest BCUT2D eigenvalue weighted by Gasteiger charge is -2.14. The maximum absolute atomic E-state index is 6.15. The topological polar surface area (TPSA) is 38.5 Å². The molecule has 0 amide bonds. The van der Waals surface area contributed by atoms with E-state index < -0.39 is 0 Å². The van der Waals surface area contributed by atoms with E-state index in [1.165, 1.54) is 22.3 Å². The molecule has 0 saturated heterocycles. The van der Waals surface area contributed by atoms with Crippen molar-refractivity contribution in [2.45, 2.75) is 5.92 Å². The van der Waals surface area contributed by atoms with E-state index in [9.17, 15) is 0 Å². The van der Waals surface area contributed by atoms with Crippen molar-refractivity contribution < 1.29 is 4.74 Å². The molecule has 0 fully saturated rings. The molecular formula is C18H21ClN2O. The minimum absolute atomic E-state index is 0.195. The highest BCUT2D eigenvalue weighted by Crippen LogP contribution is 2.46. The van der Waals surface area contributed by atoms with Crippen molar-refractivity contribution in [3.8, 4) is 16.9 Å². The fourth-order valence-corrected chi connectivity index (χ4v) is 3.18. The Morgan fingerprint density at radius 3 is 2.45 bits per heavy atom. The Balaban J connectivity index is 1.90. The van der Waals surface area contributed by atoms with Gasteiger partial charge in [0.1, 0.15) is 12.4 Å². The van der Waals surface area contributed by atoms with Gasteiger partial charge in [0.2, 0.25) is 0 Å². The summed E-state index contributed by atoms with van der Waals surface area (Å²) in [6.45, 7) is 2.15. The van der Waals surface area contributed by atoms with Crippen molar-refractivity contribution >= 4 is 11.6 Å². The average molecular weight is 317 g/mol. The first-order chi connectivity index (χ1) is 10.6. The number of ether oxygens (including phenoxy) is 1. The SMILES string of the molecule is CN(C)CCOc1ccc2c(c1)C(CN)c1cc(Cl)ccc1-2. The molecule has 0 aliphatic heterocycles. The van der Waals surface area contributed by atoms with Gasteiger partial charge in [-0.25, -0.2) is 0 Å². The first-order valence-electron chi connectivity index (χ1n) is 7.51. The molecule has 2 aromatic carbocycles. The zero-order chi connectivity index (χ0) is 15.7. The molecule has 1 atom stereocenters. The minimum Gasteiger partial charge on any atom is -0.492 e. The number of nitrogens with zero attached hydrogens (tertiary/aromatic N) is 1. The summed E-state index contributed by atoms with van der Waals surface area (Å²) in [5.74, 6) is 1.10. The predicted molar refractivity (Wildman–Crippen MR) is 91.8 cm³/mol. The van der Waals surface area contributed by atoms with E-state index in [0.29, 0.717) is 13.2 Å². The predicted octanol–water partition coefficient (Wildman–Crippen LogP) is 3.35. The van der Waals surface area contributed by atoms with Gasteiger partial charge in [-0.15, -0.1) is 0 Å². The zero-order valence-electron chi connectivity index (χ0n) is 13.0. The molecule has 0 radical (unpaired) electrons. The van der Waals surface area contributed by atoms with Crippen LogP contribution in [0, 0.1) is 0 Å². The van der Waals surface area contributed by atoms with Crippen molar-refractivity contribution in [2.75, 3.05) is 33.8 Å². The van der Waals surface area contributed by atoms with Crippen molar-refractivity contribution in [3.63, 3.8) is 0 Å². The van der Waals surface area contributed by atoms with Crippen molar-refractivity contribution in [1.29, 1.82) is 0 Å². The van der Waals surface area contributed by atoms with Crippen LogP contribution in [0.15, 0.2) is 36.4 Å². The molecule has 116 valence electrons. The van der Waals surface area contributed by atoms with Crippen LogP contribution >= 0.6 is 11.6 Å². The molecule has 2 aromatic rings. The second-order valence-electron chi connectivity index (χ2n) is 5.92. The van der Waals surface area contributed by atoms with Crippen LogP contribution in [0.2, 0.25) is 5.02 Å². The number of hydrogen-bond donors (Lipinski definition) is 1. The molecule has 1 aliphatic rings. The Labute approximate surface area is 136 Å². The van der Waals surface area contributed by atoms with Gasteiger partial charge in [-0.3, -0.25) is 0 Å². The van der Waals surface area contributed by atoms with Crippen molar-refractivity contribution in [2.24, 2.45) is 5.73 Å². The summed E-state index contributed by atoms with van der Waals surface area (Å²) in [6.07, 6.45) is 0. The third-order valence-electron chi connectivity index (χ3n) is 4.12. The normalized spacial score (nSPS) is 15.8. The van der Waals surface area contributed by atoms with E-state index >= 15 is 0 Å². The summed E-state index contributed by atoms with van der Waals surface area (Å²) in [4.78, 5) is 2.11. The highest BCUT2D eigenvalue weighted by molar-refractivity contribution is 6.30. The number of rotatable bonds is 5. The molecule has 3 nitrogen and oxygen atoms in total. The molecule has 0 heterocycles. The Bertz CT molecular complexity index is 685. The largest absolute Gasteiger partial charge is 0.492 e. The van der Waals surface area contributed by atoms with Crippen LogP contribution in [0.4, 0.5) is 0 Å². The summed E-state index contributed by atoms with van der Waals surface area (Å²) in [5.41, 5.74) is 10.9. The second kappa shape index (κ2) is 6.29. The molecule has 4 heteroatoms. The Kier molecular flexibility index (Phi) is 4.39. The second-order valence-corrected chi connectivity index (χ2v) is 6.36. The lowest BCUT2D eigenvalue weighted by atomic mass is 9.97. The fraction of sp³-hybridized carbons (Fsp3) is 0.333. The third-order valence-corrected chi connectivity index (χ3v) is 4.36. The van der Waals surface area contributed by atoms with Gasteiger partial charge < -0.3 is 15.4 Å². The van der Waals surface area contributed by atoms with Crippen LogP contribution in [-0.2, 0) is 0 Å². The van der Waals surface area contributed by atoms with Gasteiger partial charge >= 0.3 is 0 Å². The maximum Gasteiger partial charge on any atom is 0.119 e. The molecule has 1 unspecified atom stereocenters. The number of likely N-dealkylation sites (N-methyl/N-ethyl adjacent to an activating group) is 1. The first-order valence-corrected chi connectivity index (χ1v) is 7.89. The molecule has 0 bridgehead atoms. The summed E-state index contributed by atoms with van der Waals surface area (Å²) in [7, 11) is 4.08. The average Bonchev–Trinajstić information content (AvgIpc) is 2.78. The van der Waals surface area contributed by atoms with Crippen LogP contribution in [-0.4, -0.2) is 38.7 Å². The molecule has 2 N–H and O–H groups in total. The molecule has 0 aromatic heterocycles. The van der Waals surface area contributed by atoms with E-state index in [0.717, 1.165) is 17.3 Å². The Morgan fingerprint density at radius 2 is 1.77 bits per heavy atom. The Morgan fingerprint density at radius 1 is 1.09 bits per heavy atom. The molecule has 22 heavy (non-hydrogen) atoms. The quantitative estimate of drug-likeness (QED) is 0.919. The molecule has 1 aliphatic carbocycles. The monoisotopic (exact) mass is 316 g/mol. The summed E-state index contributed by atoms with van der Waals surface area (Å²) in [5, 5.41) is 0.757. The number of hydrogen-bond acceptors (Lipinski definition) is 3. The van der Waals surface area contributed by atoms with E-state index in [1.54, 1.807) is 0 Å². The van der Waals surface area contributed by atoms with Crippen LogP contribution in [0.3, 0.4) is 0 Å². The fourth-order valence-electron chi connectivity index (χ4n) is 3.00. The smallest absolute Gasteiger partial charge is 0.119 e. The van der Waals surface area contributed by atoms with Crippen molar-refractivity contribution in [1.82, 2.24) is 4.90 Å². The number of fused-ring (bicyclic) bond motifs is 3. The third kappa shape index (κ3) is 2.84. The van der Waals surface area contributed by atoms with Gasteiger partial charge in [0.15, 0.2) is 0 Å². The van der Waals surface area contributed by atoms with Gasteiger partial charge in [0, 0.05) is 24.0 Å². The highest BCUT2D eigenvalue weighted by atomic mass is 35.5. The van der Waals surface area contributed by atoms with E-state index in [4.69, 9.17) is 22.1 Å². The van der Waals surface area contributed by atoms with Crippen LogP contribution in [0.5, 0.6) is 5.75 Å². The zero-order valence-corrected chi connectivity index (χ0v) is 13.7. The van der Waals surface area contributed by atoms with Crippen LogP contribution < -0.4 is 10.5 Å². The molecule has 0 saturated carbocycles. The van der Waals surface area contributed by atoms with Gasteiger partial charge in [0.25, 0.3) is 0 Å². The lowest BCUT2D eigenvalue weighted by molar-refractivity contribution is 0.261. The minimum atomic E-state index is 0.195. The molecule has 0 spiro atoms. The first kappa shape index (κ1) is 15.3.